The van der Waals surface area contributed by atoms with Gasteiger partial charge in [-0.3, -0.25) is 9.59 Å². The number of hydrogen-bond donors (Lipinski definition) is 1. The Morgan fingerprint density at radius 3 is 2.57 bits per heavy atom. The maximum Gasteiger partial charge on any atom is 0.251 e. The van der Waals surface area contributed by atoms with Crippen LogP contribution in [0.5, 0.6) is 0 Å². The van der Waals surface area contributed by atoms with Gasteiger partial charge in [0, 0.05) is 30.3 Å². The molecule has 1 aliphatic rings. The van der Waals surface area contributed by atoms with E-state index in [2.05, 4.69) is 11.4 Å². The number of nitrogens with one attached hydrogen (secondary N) is 1. The third-order valence-electron chi connectivity index (χ3n) is 4.08. The molecule has 0 unspecified atom stereocenters. The van der Waals surface area contributed by atoms with Gasteiger partial charge in [0.2, 0.25) is 5.91 Å². The molecule has 0 fully saturated rings. The molecule has 0 saturated carbocycles. The summed E-state index contributed by atoms with van der Waals surface area (Å²) in [6, 6.07) is 16.8. The summed E-state index contributed by atoms with van der Waals surface area (Å²) in [5.74, 6) is -0.0940. The Balaban J connectivity index is 1.59. The normalized spacial score (nSPS) is 14.2. The molecule has 0 radical (unpaired) electrons. The molecular weight excluding hydrogens is 288 g/mol. The first kappa shape index (κ1) is 15.3. The quantitative estimate of drug-likeness (QED) is 0.944. The Bertz CT molecular complexity index is 712. The highest BCUT2D eigenvalue weighted by Gasteiger charge is 2.25. The number of benzene rings is 2. The van der Waals surface area contributed by atoms with E-state index >= 15 is 0 Å². The average molecular weight is 308 g/mol. The first-order valence-corrected chi connectivity index (χ1v) is 7.89. The molecule has 1 heterocycles. The number of hydrogen-bond acceptors (Lipinski definition) is 2. The van der Waals surface area contributed by atoms with Crippen molar-refractivity contribution in [1.29, 1.82) is 0 Å². The van der Waals surface area contributed by atoms with Crippen LogP contribution in [0.25, 0.3) is 0 Å². The summed E-state index contributed by atoms with van der Waals surface area (Å²) in [5, 5.41) is 2.89. The minimum absolute atomic E-state index is 0.0517. The Kier molecular flexibility index (Phi) is 4.42. The maximum absolute atomic E-state index is 12.5. The molecule has 2 amide bonds. The van der Waals surface area contributed by atoms with Crippen molar-refractivity contribution in [2.24, 2.45) is 0 Å². The third kappa shape index (κ3) is 3.42. The Labute approximate surface area is 136 Å². The van der Waals surface area contributed by atoms with Gasteiger partial charge < -0.3 is 10.2 Å². The van der Waals surface area contributed by atoms with Gasteiger partial charge in [-0.05, 0) is 37.1 Å². The summed E-state index contributed by atoms with van der Waals surface area (Å²) in [5.41, 5.74) is 2.82. The highest BCUT2D eigenvalue weighted by molar-refractivity contribution is 5.97. The molecular formula is C19H20N2O2. The summed E-state index contributed by atoms with van der Waals surface area (Å²) >= 11 is 0. The lowest BCUT2D eigenvalue weighted by atomic mass is 10.1. The van der Waals surface area contributed by atoms with Gasteiger partial charge in [-0.15, -0.1) is 0 Å². The molecule has 3 rings (SSSR count). The van der Waals surface area contributed by atoms with E-state index in [0.29, 0.717) is 12.0 Å². The van der Waals surface area contributed by atoms with Crippen molar-refractivity contribution < 1.29 is 9.59 Å². The van der Waals surface area contributed by atoms with Crippen LogP contribution in [0.2, 0.25) is 0 Å². The van der Waals surface area contributed by atoms with Crippen LogP contribution in [0, 0.1) is 0 Å². The van der Waals surface area contributed by atoms with Gasteiger partial charge in [-0.1, -0.05) is 36.4 Å². The number of fused-ring (bicyclic) bond motifs is 1. The van der Waals surface area contributed by atoms with Crippen LogP contribution < -0.4 is 10.2 Å². The second kappa shape index (κ2) is 6.65. The van der Waals surface area contributed by atoms with E-state index in [-0.39, 0.29) is 17.9 Å². The lowest BCUT2D eigenvalue weighted by Crippen LogP contribution is -2.38. The SMILES string of the molecule is C[C@@H](CC(=O)N1CCc2ccccc21)NC(=O)c1ccccc1. The number of nitrogens with zero attached hydrogens (tertiary/aromatic N) is 1. The number of carbonyl (C=O) groups is 2. The number of amides is 2. The fraction of sp³-hybridized carbons (Fsp3) is 0.263. The molecule has 23 heavy (non-hydrogen) atoms. The molecule has 0 spiro atoms. The molecule has 0 bridgehead atoms. The van der Waals surface area contributed by atoms with E-state index < -0.39 is 0 Å². The second-order valence-corrected chi connectivity index (χ2v) is 5.87. The smallest absolute Gasteiger partial charge is 0.251 e. The fourth-order valence-corrected chi connectivity index (χ4v) is 2.92. The van der Waals surface area contributed by atoms with E-state index in [1.54, 1.807) is 12.1 Å². The van der Waals surface area contributed by atoms with E-state index in [0.717, 1.165) is 18.7 Å². The van der Waals surface area contributed by atoms with Crippen molar-refractivity contribution in [1.82, 2.24) is 5.32 Å². The van der Waals surface area contributed by atoms with Crippen molar-refractivity contribution >= 4 is 17.5 Å². The third-order valence-corrected chi connectivity index (χ3v) is 4.08. The lowest BCUT2D eigenvalue weighted by Gasteiger charge is -2.20. The van der Waals surface area contributed by atoms with E-state index in [4.69, 9.17) is 0 Å². The van der Waals surface area contributed by atoms with E-state index in [1.165, 1.54) is 5.56 Å². The van der Waals surface area contributed by atoms with Crippen LogP contribution >= 0.6 is 0 Å². The molecule has 1 atom stereocenters. The van der Waals surface area contributed by atoms with Crippen molar-refractivity contribution in [3.8, 4) is 0 Å². The summed E-state index contributed by atoms with van der Waals surface area (Å²) in [7, 11) is 0. The molecule has 1 N–H and O–H groups in total. The maximum atomic E-state index is 12.5. The Morgan fingerprint density at radius 1 is 1.09 bits per heavy atom. The van der Waals surface area contributed by atoms with Crippen LogP contribution in [-0.4, -0.2) is 24.4 Å². The van der Waals surface area contributed by atoms with Gasteiger partial charge in [-0.2, -0.15) is 0 Å². The predicted octanol–water partition coefficient (Wildman–Crippen LogP) is 2.78. The Hall–Kier alpha value is -2.62. The monoisotopic (exact) mass is 308 g/mol. The Morgan fingerprint density at radius 2 is 1.78 bits per heavy atom. The zero-order valence-corrected chi connectivity index (χ0v) is 13.2. The van der Waals surface area contributed by atoms with E-state index in [9.17, 15) is 9.59 Å². The largest absolute Gasteiger partial charge is 0.349 e. The second-order valence-electron chi connectivity index (χ2n) is 5.87. The molecule has 118 valence electrons. The minimum atomic E-state index is -0.206. The highest BCUT2D eigenvalue weighted by Crippen LogP contribution is 2.28. The van der Waals surface area contributed by atoms with Crippen LogP contribution in [-0.2, 0) is 11.2 Å². The average Bonchev–Trinajstić information content (AvgIpc) is 2.99. The summed E-state index contributed by atoms with van der Waals surface area (Å²) in [4.78, 5) is 26.5. The molecule has 0 saturated heterocycles. The van der Waals surface area contributed by atoms with Gasteiger partial charge in [0.25, 0.3) is 5.91 Å². The van der Waals surface area contributed by atoms with Gasteiger partial charge in [-0.25, -0.2) is 0 Å². The number of anilines is 1. The summed E-state index contributed by atoms with van der Waals surface area (Å²) in [6.07, 6.45) is 1.19. The van der Waals surface area contributed by atoms with E-state index in [1.807, 2.05) is 48.2 Å². The zero-order chi connectivity index (χ0) is 16.2. The standard InChI is InChI=1S/C19H20N2O2/c1-14(20-19(23)16-8-3-2-4-9-16)13-18(22)21-12-11-15-7-5-6-10-17(15)21/h2-10,14H,11-13H2,1H3,(H,20,23)/t14-/m0/s1. The molecule has 2 aromatic carbocycles. The van der Waals surface area contributed by atoms with Crippen molar-refractivity contribution in [3.05, 3.63) is 65.7 Å². The first-order chi connectivity index (χ1) is 11.1. The first-order valence-electron chi connectivity index (χ1n) is 7.89. The number of carbonyl (C=O) groups excluding carboxylic acids is 2. The minimum Gasteiger partial charge on any atom is -0.349 e. The predicted molar refractivity (Wildman–Crippen MR) is 90.5 cm³/mol. The number of para-hydroxylation sites is 1. The molecule has 0 aromatic heterocycles. The highest BCUT2D eigenvalue weighted by atomic mass is 16.2. The zero-order valence-electron chi connectivity index (χ0n) is 13.2. The van der Waals surface area contributed by atoms with Crippen molar-refractivity contribution in [2.75, 3.05) is 11.4 Å². The van der Waals surface area contributed by atoms with Crippen LogP contribution in [0.1, 0.15) is 29.3 Å². The molecule has 0 aliphatic carbocycles. The van der Waals surface area contributed by atoms with Gasteiger partial charge in [0.1, 0.15) is 0 Å². The number of rotatable bonds is 4. The topological polar surface area (TPSA) is 49.4 Å². The van der Waals surface area contributed by atoms with Crippen LogP contribution in [0.3, 0.4) is 0 Å². The van der Waals surface area contributed by atoms with Gasteiger partial charge in [0.15, 0.2) is 0 Å². The molecule has 2 aromatic rings. The molecule has 4 nitrogen and oxygen atoms in total. The van der Waals surface area contributed by atoms with Crippen LogP contribution in [0.4, 0.5) is 5.69 Å². The lowest BCUT2D eigenvalue weighted by molar-refractivity contribution is -0.118. The molecule has 4 heteroatoms. The van der Waals surface area contributed by atoms with Gasteiger partial charge >= 0.3 is 0 Å². The van der Waals surface area contributed by atoms with Crippen molar-refractivity contribution in [3.63, 3.8) is 0 Å². The summed E-state index contributed by atoms with van der Waals surface area (Å²) in [6.45, 7) is 2.58. The van der Waals surface area contributed by atoms with Gasteiger partial charge in [0.05, 0.1) is 0 Å². The fourth-order valence-electron chi connectivity index (χ4n) is 2.92. The summed E-state index contributed by atoms with van der Waals surface area (Å²) < 4.78 is 0. The van der Waals surface area contributed by atoms with Crippen LogP contribution in [0.15, 0.2) is 54.6 Å². The molecule has 1 aliphatic heterocycles. The van der Waals surface area contributed by atoms with Crippen molar-refractivity contribution in [2.45, 2.75) is 25.8 Å².